The van der Waals surface area contributed by atoms with Crippen LogP contribution in [0.1, 0.15) is 40.0 Å². The minimum absolute atomic E-state index is 0.0387. The molecule has 2 atom stereocenters. The van der Waals surface area contributed by atoms with Gasteiger partial charge >= 0.3 is 0 Å². The Hall–Kier alpha value is -1.46. The molecule has 0 radical (unpaired) electrons. The highest BCUT2D eigenvalue weighted by Gasteiger charge is 2.50. The largest absolute Gasteiger partial charge is 0.405 e. The van der Waals surface area contributed by atoms with Crippen molar-refractivity contribution in [2.24, 2.45) is 0 Å². The second kappa shape index (κ2) is 8.05. The summed E-state index contributed by atoms with van der Waals surface area (Å²) in [6.45, 7) is 7.34. The lowest BCUT2D eigenvalue weighted by molar-refractivity contribution is -0.170. The molecule has 1 fully saturated rings. The fourth-order valence-corrected chi connectivity index (χ4v) is 8.57. The molecular formula is C22H30O3Si. The summed E-state index contributed by atoms with van der Waals surface area (Å²) in [5.74, 6) is 0. The highest BCUT2D eigenvalue weighted by Crippen LogP contribution is 2.37. The number of aliphatic hydroxyl groups is 1. The highest BCUT2D eigenvalue weighted by molar-refractivity contribution is 6.99. The van der Waals surface area contributed by atoms with Crippen LogP contribution in [0, 0.1) is 0 Å². The van der Waals surface area contributed by atoms with E-state index in [1.165, 1.54) is 10.4 Å². The Morgan fingerprint density at radius 3 is 1.96 bits per heavy atom. The summed E-state index contributed by atoms with van der Waals surface area (Å²) in [6.07, 6.45) is 1.94. The van der Waals surface area contributed by atoms with Gasteiger partial charge in [0.15, 0.2) is 6.29 Å². The van der Waals surface area contributed by atoms with Gasteiger partial charge in [-0.1, -0.05) is 81.4 Å². The van der Waals surface area contributed by atoms with E-state index in [-0.39, 0.29) is 11.1 Å². The normalized spacial score (nSPS) is 21.5. The van der Waals surface area contributed by atoms with Crippen LogP contribution in [0.3, 0.4) is 0 Å². The number of hydrogen-bond donors (Lipinski definition) is 1. The second-order valence-electron chi connectivity index (χ2n) is 8.12. The number of rotatable bonds is 5. The molecule has 1 saturated heterocycles. The molecule has 0 saturated carbocycles. The molecule has 140 valence electrons. The van der Waals surface area contributed by atoms with Crippen molar-refractivity contribution >= 4 is 18.7 Å². The molecule has 0 aromatic heterocycles. The molecule has 1 aliphatic rings. The molecule has 1 unspecified atom stereocenters. The molecule has 1 aliphatic heterocycles. The first-order valence-corrected chi connectivity index (χ1v) is 11.4. The smallest absolute Gasteiger partial charge is 0.261 e. The van der Waals surface area contributed by atoms with E-state index in [1.807, 2.05) is 0 Å². The molecule has 0 amide bonds. The van der Waals surface area contributed by atoms with Gasteiger partial charge in [-0.15, -0.1) is 0 Å². The van der Waals surface area contributed by atoms with Crippen molar-refractivity contribution in [3.05, 3.63) is 60.7 Å². The Bertz CT molecular complexity index is 642. The maximum atomic E-state index is 9.84. The predicted molar refractivity (Wildman–Crippen MR) is 108 cm³/mol. The summed E-state index contributed by atoms with van der Waals surface area (Å²) in [5.41, 5.74) is 0. The fraction of sp³-hybridized carbons (Fsp3) is 0.455. The van der Waals surface area contributed by atoms with Crippen molar-refractivity contribution in [2.45, 2.75) is 57.5 Å². The molecule has 26 heavy (non-hydrogen) atoms. The first-order chi connectivity index (χ1) is 12.4. The van der Waals surface area contributed by atoms with Gasteiger partial charge in [-0.2, -0.15) is 0 Å². The highest BCUT2D eigenvalue weighted by atomic mass is 28.4. The first kappa shape index (κ1) is 19.3. The van der Waals surface area contributed by atoms with Crippen LogP contribution in [0.5, 0.6) is 0 Å². The summed E-state index contributed by atoms with van der Waals surface area (Å²) in [6, 6.07) is 21.3. The number of ether oxygens (including phenoxy) is 1. The number of benzene rings is 2. The van der Waals surface area contributed by atoms with E-state index >= 15 is 0 Å². The van der Waals surface area contributed by atoms with Gasteiger partial charge in [0.1, 0.15) is 0 Å². The van der Waals surface area contributed by atoms with Crippen LogP contribution in [0.15, 0.2) is 60.7 Å². The van der Waals surface area contributed by atoms with Crippen molar-refractivity contribution in [2.75, 3.05) is 6.61 Å². The minimum Gasteiger partial charge on any atom is -0.405 e. The molecule has 0 aliphatic carbocycles. The lowest BCUT2D eigenvalue weighted by atomic mass is 10.1. The SMILES string of the molecule is CC(C)(C)[Si](OC[C@H]1CCCC(O)O1)(c1ccccc1)c1ccccc1. The zero-order valence-corrected chi connectivity index (χ0v) is 17.0. The molecule has 3 rings (SSSR count). The third-order valence-electron chi connectivity index (χ3n) is 5.23. The Kier molecular flexibility index (Phi) is 5.98. The molecule has 1 N–H and O–H groups in total. The fourth-order valence-electron chi connectivity index (χ4n) is 3.98. The minimum atomic E-state index is -2.52. The lowest BCUT2D eigenvalue weighted by Crippen LogP contribution is -2.67. The summed E-state index contributed by atoms with van der Waals surface area (Å²) in [7, 11) is -2.52. The van der Waals surface area contributed by atoms with Crippen LogP contribution in [0.2, 0.25) is 5.04 Å². The third-order valence-corrected chi connectivity index (χ3v) is 10.2. The second-order valence-corrected chi connectivity index (χ2v) is 12.4. The maximum Gasteiger partial charge on any atom is 0.261 e. The monoisotopic (exact) mass is 370 g/mol. The molecule has 3 nitrogen and oxygen atoms in total. The van der Waals surface area contributed by atoms with Gasteiger partial charge in [-0.05, 0) is 34.7 Å². The summed E-state index contributed by atoms with van der Waals surface area (Å²) < 4.78 is 12.6. The maximum absolute atomic E-state index is 9.84. The van der Waals surface area contributed by atoms with E-state index in [4.69, 9.17) is 9.16 Å². The van der Waals surface area contributed by atoms with E-state index in [0.29, 0.717) is 6.61 Å². The summed E-state index contributed by atoms with van der Waals surface area (Å²) in [4.78, 5) is 0. The van der Waals surface area contributed by atoms with E-state index in [0.717, 1.165) is 19.3 Å². The summed E-state index contributed by atoms with van der Waals surface area (Å²) >= 11 is 0. The Labute approximate surface area is 158 Å². The predicted octanol–water partition coefficient (Wildman–Crippen LogP) is 3.45. The van der Waals surface area contributed by atoms with Gasteiger partial charge in [-0.25, -0.2) is 0 Å². The van der Waals surface area contributed by atoms with Crippen LogP contribution in [-0.2, 0) is 9.16 Å². The lowest BCUT2D eigenvalue weighted by Gasteiger charge is -2.44. The van der Waals surface area contributed by atoms with Crippen LogP contribution >= 0.6 is 0 Å². The Balaban J connectivity index is 2.00. The molecule has 1 heterocycles. The topological polar surface area (TPSA) is 38.7 Å². The standard InChI is InChI=1S/C22H30O3Si/c1-22(2,3)26(19-12-6-4-7-13-19,20-14-8-5-9-15-20)24-17-18-11-10-16-21(23)25-18/h4-9,12-15,18,21,23H,10-11,16-17H2,1-3H3/t18-,21?/m1/s1. The third kappa shape index (κ3) is 3.94. The van der Waals surface area contributed by atoms with E-state index < -0.39 is 14.6 Å². The molecule has 0 bridgehead atoms. The van der Waals surface area contributed by atoms with E-state index in [9.17, 15) is 5.11 Å². The first-order valence-electron chi connectivity index (χ1n) is 9.52. The van der Waals surface area contributed by atoms with Crippen LogP contribution in [0.25, 0.3) is 0 Å². The molecule has 2 aromatic rings. The zero-order chi connectivity index (χ0) is 18.6. The number of hydrogen-bond acceptors (Lipinski definition) is 3. The van der Waals surface area contributed by atoms with Gasteiger partial charge in [0.05, 0.1) is 12.7 Å². The van der Waals surface area contributed by atoms with Crippen LogP contribution < -0.4 is 10.4 Å². The van der Waals surface area contributed by atoms with Crippen LogP contribution in [-0.4, -0.2) is 32.4 Å². The van der Waals surface area contributed by atoms with Gasteiger partial charge in [0, 0.05) is 0 Å². The van der Waals surface area contributed by atoms with Gasteiger partial charge in [0.25, 0.3) is 8.32 Å². The van der Waals surface area contributed by atoms with Crippen molar-refractivity contribution < 1.29 is 14.3 Å². The Morgan fingerprint density at radius 1 is 0.962 bits per heavy atom. The average Bonchev–Trinajstić information content (AvgIpc) is 2.63. The van der Waals surface area contributed by atoms with Crippen molar-refractivity contribution in [1.82, 2.24) is 0 Å². The average molecular weight is 371 g/mol. The van der Waals surface area contributed by atoms with Gasteiger partial charge < -0.3 is 14.3 Å². The van der Waals surface area contributed by atoms with Gasteiger partial charge in [-0.3, -0.25) is 0 Å². The van der Waals surface area contributed by atoms with E-state index in [2.05, 4.69) is 81.4 Å². The number of aliphatic hydroxyl groups excluding tert-OH is 1. The molecular weight excluding hydrogens is 340 g/mol. The molecule has 2 aromatic carbocycles. The zero-order valence-electron chi connectivity index (χ0n) is 16.0. The van der Waals surface area contributed by atoms with Crippen LogP contribution in [0.4, 0.5) is 0 Å². The van der Waals surface area contributed by atoms with Crippen molar-refractivity contribution in [1.29, 1.82) is 0 Å². The van der Waals surface area contributed by atoms with E-state index in [1.54, 1.807) is 0 Å². The summed E-state index contributed by atoms with van der Waals surface area (Å²) in [5, 5.41) is 12.3. The molecule has 4 heteroatoms. The van der Waals surface area contributed by atoms with Crippen molar-refractivity contribution in [3.8, 4) is 0 Å². The Morgan fingerprint density at radius 2 is 1.50 bits per heavy atom. The molecule has 0 spiro atoms. The van der Waals surface area contributed by atoms with Crippen molar-refractivity contribution in [3.63, 3.8) is 0 Å². The van der Waals surface area contributed by atoms with Gasteiger partial charge in [0.2, 0.25) is 0 Å². The quantitative estimate of drug-likeness (QED) is 0.820.